The summed E-state index contributed by atoms with van der Waals surface area (Å²) in [7, 11) is 0. The summed E-state index contributed by atoms with van der Waals surface area (Å²) in [5, 5.41) is 7.60. The number of hydrogen-bond acceptors (Lipinski definition) is 4. The highest BCUT2D eigenvalue weighted by Gasteiger charge is 2.10. The van der Waals surface area contributed by atoms with Gasteiger partial charge in [-0.1, -0.05) is 6.07 Å². The molecular formula is C15H12N4O2. The number of carbonyl (C=O) groups excluding carboxylic acids is 2. The minimum atomic E-state index is -0.302. The van der Waals surface area contributed by atoms with Crippen molar-refractivity contribution in [2.75, 3.05) is 5.32 Å². The molecule has 0 saturated carbocycles. The summed E-state index contributed by atoms with van der Waals surface area (Å²) in [6.45, 7) is 1.44. The predicted octanol–water partition coefficient (Wildman–Crippen LogP) is 2.34. The SMILES string of the molecule is CC(=O)n1ncc2ccc(NC(=O)c3ccccn3)cc21. The predicted molar refractivity (Wildman–Crippen MR) is 78.2 cm³/mol. The summed E-state index contributed by atoms with van der Waals surface area (Å²) in [6.07, 6.45) is 3.17. The van der Waals surface area contributed by atoms with Gasteiger partial charge in [0.2, 0.25) is 5.91 Å². The van der Waals surface area contributed by atoms with Crippen LogP contribution in [0.1, 0.15) is 22.2 Å². The molecule has 0 radical (unpaired) electrons. The van der Waals surface area contributed by atoms with Crippen LogP contribution in [0, 0.1) is 0 Å². The lowest BCUT2D eigenvalue weighted by atomic mass is 10.2. The number of aromatic nitrogens is 3. The van der Waals surface area contributed by atoms with E-state index >= 15 is 0 Å². The average Bonchev–Trinajstić information content (AvgIpc) is 2.91. The van der Waals surface area contributed by atoms with E-state index in [1.54, 1.807) is 48.8 Å². The van der Waals surface area contributed by atoms with E-state index in [9.17, 15) is 9.59 Å². The van der Waals surface area contributed by atoms with Crippen molar-refractivity contribution in [2.24, 2.45) is 0 Å². The fraction of sp³-hybridized carbons (Fsp3) is 0.0667. The van der Waals surface area contributed by atoms with Crippen molar-refractivity contribution in [3.63, 3.8) is 0 Å². The molecule has 3 aromatic rings. The first-order chi connectivity index (χ1) is 10.1. The minimum absolute atomic E-state index is 0.182. The van der Waals surface area contributed by atoms with Gasteiger partial charge in [0.15, 0.2) is 0 Å². The van der Waals surface area contributed by atoms with Crippen LogP contribution in [0.4, 0.5) is 5.69 Å². The standard InChI is InChI=1S/C15H12N4O2/c1-10(20)19-14-8-12(6-5-11(14)9-17-19)18-15(21)13-4-2-3-7-16-13/h2-9H,1H3,(H,18,21). The van der Waals surface area contributed by atoms with Gasteiger partial charge in [-0.25, -0.2) is 4.68 Å². The van der Waals surface area contributed by atoms with Crippen molar-refractivity contribution in [3.8, 4) is 0 Å². The molecule has 0 aliphatic carbocycles. The van der Waals surface area contributed by atoms with Crippen LogP contribution in [0.3, 0.4) is 0 Å². The van der Waals surface area contributed by atoms with E-state index in [1.807, 2.05) is 0 Å². The lowest BCUT2D eigenvalue weighted by Crippen LogP contribution is -2.13. The number of nitrogens with one attached hydrogen (secondary N) is 1. The van der Waals surface area contributed by atoms with Gasteiger partial charge in [-0.05, 0) is 30.3 Å². The minimum Gasteiger partial charge on any atom is -0.321 e. The third-order valence-corrected chi connectivity index (χ3v) is 3.02. The maximum absolute atomic E-state index is 12.0. The molecule has 6 nitrogen and oxygen atoms in total. The molecule has 1 aromatic carbocycles. The number of pyridine rings is 1. The van der Waals surface area contributed by atoms with E-state index in [1.165, 1.54) is 11.6 Å². The molecule has 104 valence electrons. The fourth-order valence-electron chi connectivity index (χ4n) is 2.04. The van der Waals surface area contributed by atoms with Gasteiger partial charge in [-0.3, -0.25) is 14.6 Å². The van der Waals surface area contributed by atoms with Crippen LogP contribution in [-0.4, -0.2) is 26.6 Å². The molecule has 0 unspecified atom stereocenters. The second-order valence-corrected chi connectivity index (χ2v) is 4.52. The highest BCUT2D eigenvalue weighted by Crippen LogP contribution is 2.19. The first-order valence-electron chi connectivity index (χ1n) is 6.36. The maximum atomic E-state index is 12.0. The van der Waals surface area contributed by atoms with E-state index in [0.29, 0.717) is 16.9 Å². The number of hydrogen-bond donors (Lipinski definition) is 1. The third-order valence-electron chi connectivity index (χ3n) is 3.02. The molecule has 0 aliphatic rings. The molecule has 1 N–H and O–H groups in total. The van der Waals surface area contributed by atoms with Crippen LogP contribution < -0.4 is 5.32 Å². The van der Waals surface area contributed by atoms with Crippen LogP contribution in [0.5, 0.6) is 0 Å². The lowest BCUT2D eigenvalue weighted by molar-refractivity contribution is 0.0926. The van der Waals surface area contributed by atoms with Crippen molar-refractivity contribution >= 4 is 28.4 Å². The Labute approximate surface area is 120 Å². The van der Waals surface area contributed by atoms with Crippen molar-refractivity contribution in [3.05, 3.63) is 54.5 Å². The van der Waals surface area contributed by atoms with E-state index in [-0.39, 0.29) is 11.8 Å². The molecule has 3 rings (SSSR count). The van der Waals surface area contributed by atoms with Crippen LogP contribution in [-0.2, 0) is 0 Å². The molecule has 1 amide bonds. The van der Waals surface area contributed by atoms with Gasteiger partial charge in [-0.2, -0.15) is 5.10 Å². The van der Waals surface area contributed by atoms with Gasteiger partial charge >= 0.3 is 0 Å². The summed E-state index contributed by atoms with van der Waals surface area (Å²) in [6, 6.07) is 10.4. The van der Waals surface area contributed by atoms with Crippen molar-refractivity contribution < 1.29 is 9.59 Å². The Balaban J connectivity index is 1.92. The second-order valence-electron chi connectivity index (χ2n) is 4.52. The highest BCUT2D eigenvalue weighted by atomic mass is 16.2. The summed E-state index contributed by atoms with van der Waals surface area (Å²) in [4.78, 5) is 27.5. The fourth-order valence-corrected chi connectivity index (χ4v) is 2.04. The zero-order chi connectivity index (χ0) is 14.8. The maximum Gasteiger partial charge on any atom is 0.274 e. The number of nitrogens with zero attached hydrogens (tertiary/aromatic N) is 3. The molecular weight excluding hydrogens is 268 g/mol. The molecule has 0 spiro atoms. The zero-order valence-corrected chi connectivity index (χ0v) is 11.3. The Hall–Kier alpha value is -3.02. The number of amides is 1. The van der Waals surface area contributed by atoms with Gasteiger partial charge in [0.1, 0.15) is 5.69 Å². The van der Waals surface area contributed by atoms with Gasteiger partial charge < -0.3 is 5.32 Å². The molecule has 0 atom stereocenters. The average molecular weight is 280 g/mol. The van der Waals surface area contributed by atoms with Gasteiger partial charge in [0.25, 0.3) is 5.91 Å². The smallest absolute Gasteiger partial charge is 0.274 e. The number of fused-ring (bicyclic) bond motifs is 1. The summed E-state index contributed by atoms with van der Waals surface area (Å²) < 4.78 is 1.30. The van der Waals surface area contributed by atoms with Crippen molar-refractivity contribution in [2.45, 2.75) is 6.92 Å². The van der Waals surface area contributed by atoms with E-state index in [4.69, 9.17) is 0 Å². The number of carbonyl (C=O) groups is 2. The van der Waals surface area contributed by atoms with Crippen LogP contribution >= 0.6 is 0 Å². The molecule has 6 heteroatoms. The van der Waals surface area contributed by atoms with Gasteiger partial charge in [-0.15, -0.1) is 0 Å². The number of anilines is 1. The molecule has 0 fully saturated rings. The van der Waals surface area contributed by atoms with E-state index < -0.39 is 0 Å². The Morgan fingerprint density at radius 3 is 2.76 bits per heavy atom. The Morgan fingerprint density at radius 1 is 1.19 bits per heavy atom. The first-order valence-corrected chi connectivity index (χ1v) is 6.36. The summed E-state index contributed by atoms with van der Waals surface area (Å²) in [5.74, 6) is -0.484. The quantitative estimate of drug-likeness (QED) is 0.781. The molecule has 0 aliphatic heterocycles. The normalized spacial score (nSPS) is 10.5. The van der Waals surface area contributed by atoms with E-state index in [2.05, 4.69) is 15.4 Å². The number of rotatable bonds is 2. The van der Waals surface area contributed by atoms with Crippen molar-refractivity contribution in [1.29, 1.82) is 0 Å². The summed E-state index contributed by atoms with van der Waals surface area (Å²) >= 11 is 0. The molecule has 0 bridgehead atoms. The largest absolute Gasteiger partial charge is 0.321 e. The van der Waals surface area contributed by atoms with Gasteiger partial charge in [0.05, 0.1) is 11.7 Å². The van der Waals surface area contributed by atoms with Crippen LogP contribution in [0.15, 0.2) is 48.8 Å². The monoisotopic (exact) mass is 280 g/mol. The topological polar surface area (TPSA) is 76.9 Å². The van der Waals surface area contributed by atoms with Gasteiger partial charge in [0, 0.05) is 24.2 Å². The molecule has 2 aromatic heterocycles. The Bertz CT molecular complexity index is 824. The Kier molecular flexibility index (Phi) is 3.19. The molecule has 21 heavy (non-hydrogen) atoms. The second kappa shape index (κ2) is 5.16. The molecule has 0 saturated heterocycles. The highest BCUT2D eigenvalue weighted by molar-refractivity contribution is 6.04. The van der Waals surface area contributed by atoms with Crippen LogP contribution in [0.2, 0.25) is 0 Å². The lowest BCUT2D eigenvalue weighted by Gasteiger charge is -2.05. The van der Waals surface area contributed by atoms with Crippen molar-refractivity contribution in [1.82, 2.24) is 14.8 Å². The number of benzene rings is 1. The van der Waals surface area contributed by atoms with Crippen LogP contribution in [0.25, 0.3) is 10.9 Å². The zero-order valence-electron chi connectivity index (χ0n) is 11.3. The third kappa shape index (κ3) is 2.51. The summed E-state index contributed by atoms with van der Waals surface area (Å²) in [5.41, 5.74) is 1.57. The van der Waals surface area contributed by atoms with E-state index in [0.717, 1.165) is 5.39 Å². The Morgan fingerprint density at radius 2 is 2.05 bits per heavy atom. The molecule has 2 heterocycles. The first kappa shape index (κ1) is 13.0.